The number of nitrogens with one attached hydrogen (secondary N) is 5. The van der Waals surface area contributed by atoms with E-state index in [1.807, 2.05) is 31.2 Å². The number of anilines is 1. The minimum absolute atomic E-state index is 0.0506. The van der Waals surface area contributed by atoms with Crippen molar-refractivity contribution in [3.8, 4) is 11.1 Å². The molecule has 1 saturated heterocycles. The number of hydrazine groups is 1. The number of carbonyl (C=O) groups excluding carboxylic acids is 6. The zero-order valence-corrected chi connectivity index (χ0v) is 25.9. The van der Waals surface area contributed by atoms with E-state index in [0.717, 1.165) is 22.4 Å². The van der Waals surface area contributed by atoms with Crippen LogP contribution in [0.25, 0.3) is 11.1 Å². The highest BCUT2D eigenvalue weighted by Crippen LogP contribution is 2.32. The standard InChI is InChI=1S/C34H36N6O7/c1-2-16-37-39-31(43)24-12-8-22(9-13-24)21-6-10-23(11-7-21)30(42)36-18-20-47-19-17-35-26-5-3-4-25-29(26)34(46)40(33(25)45)27-14-15-28(41)38-32(27)44/h3-13,27,35,37H,2,14-20H2,1H3,(H,36,42)(H,39,43)(H,38,41,44). The van der Waals surface area contributed by atoms with Crippen LogP contribution < -0.4 is 26.8 Å². The first-order chi connectivity index (χ1) is 22.8. The summed E-state index contributed by atoms with van der Waals surface area (Å²) in [5.74, 6) is -2.69. The number of piperidine rings is 1. The van der Waals surface area contributed by atoms with E-state index >= 15 is 0 Å². The minimum atomic E-state index is -1.03. The van der Waals surface area contributed by atoms with E-state index in [-0.39, 0.29) is 55.5 Å². The Bertz CT molecular complexity index is 1670. The van der Waals surface area contributed by atoms with Gasteiger partial charge in [-0.3, -0.25) is 44.4 Å². The first-order valence-corrected chi connectivity index (χ1v) is 15.5. The van der Waals surface area contributed by atoms with E-state index in [2.05, 4.69) is 26.8 Å². The van der Waals surface area contributed by atoms with Gasteiger partial charge in [0.1, 0.15) is 6.04 Å². The number of rotatable bonds is 14. The fourth-order valence-corrected chi connectivity index (χ4v) is 5.33. The fraction of sp³-hybridized carbons (Fsp3) is 0.294. The Hall–Kier alpha value is -5.40. The predicted octanol–water partition coefficient (Wildman–Crippen LogP) is 2.26. The maximum atomic E-state index is 13.2. The molecular weight excluding hydrogens is 604 g/mol. The smallest absolute Gasteiger partial charge is 0.265 e. The lowest BCUT2D eigenvalue weighted by Gasteiger charge is -2.27. The quantitative estimate of drug-likeness (QED) is 0.101. The molecule has 2 aliphatic heterocycles. The number of imide groups is 2. The van der Waals surface area contributed by atoms with Gasteiger partial charge in [-0.25, -0.2) is 5.43 Å². The first kappa shape index (κ1) is 33.0. The summed E-state index contributed by atoms with van der Waals surface area (Å²) in [5, 5.41) is 8.12. The molecule has 6 amide bonds. The molecule has 5 rings (SSSR count). The molecular formula is C34H36N6O7. The van der Waals surface area contributed by atoms with Crippen molar-refractivity contribution in [2.75, 3.05) is 38.2 Å². The van der Waals surface area contributed by atoms with Crippen LogP contribution >= 0.6 is 0 Å². The Morgan fingerprint density at radius 1 is 0.830 bits per heavy atom. The third-order valence-electron chi connectivity index (χ3n) is 7.77. The molecule has 13 heteroatoms. The van der Waals surface area contributed by atoms with E-state index in [0.29, 0.717) is 29.9 Å². The molecule has 1 unspecified atom stereocenters. The number of hydrogen-bond donors (Lipinski definition) is 5. The van der Waals surface area contributed by atoms with Crippen molar-refractivity contribution < 1.29 is 33.5 Å². The summed E-state index contributed by atoms with van der Waals surface area (Å²) < 4.78 is 5.62. The second kappa shape index (κ2) is 15.3. The lowest BCUT2D eigenvalue weighted by molar-refractivity contribution is -0.136. The molecule has 0 spiro atoms. The molecule has 2 aliphatic rings. The van der Waals surface area contributed by atoms with Gasteiger partial charge in [0.25, 0.3) is 23.6 Å². The van der Waals surface area contributed by atoms with Gasteiger partial charge < -0.3 is 15.4 Å². The molecule has 13 nitrogen and oxygen atoms in total. The van der Waals surface area contributed by atoms with Crippen LogP contribution in [0.5, 0.6) is 0 Å². The van der Waals surface area contributed by atoms with E-state index < -0.39 is 29.7 Å². The van der Waals surface area contributed by atoms with Crippen molar-refractivity contribution in [2.45, 2.75) is 32.2 Å². The Morgan fingerprint density at radius 3 is 2.15 bits per heavy atom. The molecule has 244 valence electrons. The van der Waals surface area contributed by atoms with E-state index in [4.69, 9.17) is 4.74 Å². The van der Waals surface area contributed by atoms with Gasteiger partial charge in [-0.2, -0.15) is 0 Å². The van der Waals surface area contributed by atoms with Crippen LogP contribution in [-0.4, -0.2) is 79.2 Å². The Morgan fingerprint density at radius 2 is 1.49 bits per heavy atom. The summed E-state index contributed by atoms with van der Waals surface area (Å²) in [6.45, 7) is 3.84. The summed E-state index contributed by atoms with van der Waals surface area (Å²) in [6.07, 6.45) is 1.04. The van der Waals surface area contributed by atoms with Crippen molar-refractivity contribution in [1.82, 2.24) is 26.4 Å². The van der Waals surface area contributed by atoms with Crippen LogP contribution in [0.4, 0.5) is 5.69 Å². The van der Waals surface area contributed by atoms with Gasteiger partial charge >= 0.3 is 0 Å². The fourth-order valence-electron chi connectivity index (χ4n) is 5.33. The van der Waals surface area contributed by atoms with E-state index in [9.17, 15) is 28.8 Å². The molecule has 0 radical (unpaired) electrons. The highest BCUT2D eigenvalue weighted by Gasteiger charge is 2.45. The number of benzene rings is 3. The lowest BCUT2D eigenvalue weighted by atomic mass is 10.0. The average Bonchev–Trinajstić information content (AvgIpc) is 3.34. The zero-order valence-electron chi connectivity index (χ0n) is 25.9. The van der Waals surface area contributed by atoms with Crippen LogP contribution in [0, 0.1) is 0 Å². The second-order valence-corrected chi connectivity index (χ2v) is 11.0. The Kier molecular flexibility index (Phi) is 10.7. The highest BCUT2D eigenvalue weighted by molar-refractivity contribution is 6.25. The van der Waals surface area contributed by atoms with Crippen molar-refractivity contribution in [2.24, 2.45) is 0 Å². The second-order valence-electron chi connectivity index (χ2n) is 11.0. The molecule has 5 N–H and O–H groups in total. The molecule has 0 aromatic heterocycles. The number of hydrogen-bond acceptors (Lipinski definition) is 9. The monoisotopic (exact) mass is 640 g/mol. The number of ether oxygens (including phenoxy) is 1. The summed E-state index contributed by atoms with van der Waals surface area (Å²) in [5.41, 5.74) is 9.20. The van der Waals surface area contributed by atoms with Gasteiger partial charge in [0.15, 0.2) is 0 Å². The minimum Gasteiger partial charge on any atom is -0.382 e. The normalized spacial score (nSPS) is 15.7. The topological polar surface area (TPSA) is 175 Å². The molecule has 47 heavy (non-hydrogen) atoms. The Labute approximate surface area is 271 Å². The summed E-state index contributed by atoms with van der Waals surface area (Å²) >= 11 is 0. The van der Waals surface area contributed by atoms with Gasteiger partial charge in [0.05, 0.1) is 24.3 Å². The lowest BCUT2D eigenvalue weighted by Crippen LogP contribution is -2.54. The largest absolute Gasteiger partial charge is 0.382 e. The van der Waals surface area contributed by atoms with E-state index in [1.165, 1.54) is 6.07 Å². The maximum absolute atomic E-state index is 13.2. The van der Waals surface area contributed by atoms with Gasteiger partial charge in [-0.1, -0.05) is 37.3 Å². The zero-order chi connectivity index (χ0) is 33.3. The van der Waals surface area contributed by atoms with Gasteiger partial charge in [0, 0.05) is 42.9 Å². The van der Waals surface area contributed by atoms with Crippen molar-refractivity contribution in [1.29, 1.82) is 0 Å². The maximum Gasteiger partial charge on any atom is 0.265 e. The molecule has 1 atom stereocenters. The van der Waals surface area contributed by atoms with Gasteiger partial charge in [-0.15, -0.1) is 0 Å². The Balaban J connectivity index is 1.03. The number of nitrogens with zero attached hydrogens (tertiary/aromatic N) is 1. The molecule has 3 aromatic rings. The molecule has 2 heterocycles. The molecule has 0 bridgehead atoms. The van der Waals surface area contributed by atoms with Gasteiger partial charge in [0.2, 0.25) is 11.8 Å². The first-order valence-electron chi connectivity index (χ1n) is 15.5. The number of carbonyl (C=O) groups is 6. The summed E-state index contributed by atoms with van der Waals surface area (Å²) in [7, 11) is 0. The number of amides is 6. The SMILES string of the molecule is CCCNNC(=O)c1ccc(-c2ccc(C(=O)NCCOCCNc3cccc4c3C(=O)N(C3CCC(=O)NC3=O)C4=O)cc2)cc1. The third-order valence-corrected chi connectivity index (χ3v) is 7.77. The van der Waals surface area contributed by atoms with Crippen LogP contribution in [0.3, 0.4) is 0 Å². The van der Waals surface area contributed by atoms with Crippen molar-refractivity contribution in [3.63, 3.8) is 0 Å². The molecule has 3 aromatic carbocycles. The predicted molar refractivity (Wildman–Crippen MR) is 172 cm³/mol. The van der Waals surface area contributed by atoms with E-state index in [1.54, 1.807) is 36.4 Å². The van der Waals surface area contributed by atoms with Crippen molar-refractivity contribution in [3.05, 3.63) is 89.0 Å². The number of fused-ring (bicyclic) bond motifs is 1. The summed E-state index contributed by atoms with van der Waals surface area (Å²) in [4.78, 5) is 75.7. The highest BCUT2D eigenvalue weighted by atomic mass is 16.5. The summed E-state index contributed by atoms with van der Waals surface area (Å²) in [6, 6.07) is 18.2. The molecule has 0 saturated carbocycles. The molecule has 0 aliphatic carbocycles. The average molecular weight is 641 g/mol. The van der Waals surface area contributed by atoms with Crippen LogP contribution in [0.1, 0.15) is 67.6 Å². The molecule has 1 fully saturated rings. The van der Waals surface area contributed by atoms with Crippen LogP contribution in [0.15, 0.2) is 66.7 Å². The third kappa shape index (κ3) is 7.71. The van der Waals surface area contributed by atoms with Gasteiger partial charge in [-0.05, 0) is 60.4 Å². The van der Waals surface area contributed by atoms with Crippen molar-refractivity contribution >= 4 is 41.1 Å². The van der Waals surface area contributed by atoms with Crippen LogP contribution in [0.2, 0.25) is 0 Å². The van der Waals surface area contributed by atoms with Crippen LogP contribution in [-0.2, 0) is 14.3 Å².